The normalized spacial score (nSPS) is 21.9. The number of benzene rings is 2. The van der Waals surface area contributed by atoms with E-state index in [9.17, 15) is 14.4 Å². The molecule has 7 heteroatoms. The zero-order valence-corrected chi connectivity index (χ0v) is 23.7. The number of rotatable bonds is 6. The average Bonchev–Trinajstić information content (AvgIpc) is 3.00. The minimum atomic E-state index is -0.238. The van der Waals surface area contributed by atoms with Crippen molar-refractivity contribution in [1.82, 2.24) is 9.47 Å². The smallest absolute Gasteiger partial charge is 0.254 e. The zero-order valence-electron chi connectivity index (χ0n) is 23.7. The van der Waals surface area contributed by atoms with Gasteiger partial charge in [0.05, 0.1) is 11.4 Å². The summed E-state index contributed by atoms with van der Waals surface area (Å²) < 4.78 is 1.93. The van der Waals surface area contributed by atoms with Crippen LogP contribution in [-0.2, 0) is 11.3 Å². The van der Waals surface area contributed by atoms with Crippen molar-refractivity contribution in [2.24, 2.45) is 5.92 Å². The minimum absolute atomic E-state index is 0.0299. The van der Waals surface area contributed by atoms with Crippen LogP contribution >= 0.6 is 0 Å². The van der Waals surface area contributed by atoms with Gasteiger partial charge >= 0.3 is 0 Å². The van der Waals surface area contributed by atoms with Gasteiger partial charge in [0, 0.05) is 61.5 Å². The summed E-state index contributed by atoms with van der Waals surface area (Å²) in [5.74, 6) is 0.362. The Morgan fingerprint density at radius 1 is 0.976 bits per heavy atom. The highest BCUT2D eigenvalue weighted by atomic mass is 16.2. The summed E-state index contributed by atoms with van der Waals surface area (Å²) in [6.07, 6.45) is 8.54. The molecular formula is C34H38N4O3. The lowest BCUT2D eigenvalue weighted by Crippen LogP contribution is -2.47. The van der Waals surface area contributed by atoms with E-state index in [-0.39, 0.29) is 29.3 Å². The van der Waals surface area contributed by atoms with Crippen LogP contribution in [0.2, 0.25) is 0 Å². The molecule has 0 spiro atoms. The Balaban J connectivity index is 1.31. The van der Waals surface area contributed by atoms with Gasteiger partial charge in [-0.2, -0.15) is 0 Å². The number of carbonyl (C=O) groups is 2. The minimum Gasteiger partial charge on any atom is -0.369 e. The molecule has 3 atom stereocenters. The number of hydrogen-bond acceptors (Lipinski definition) is 4. The highest BCUT2D eigenvalue weighted by Crippen LogP contribution is 2.39. The van der Waals surface area contributed by atoms with Crippen molar-refractivity contribution in [1.29, 1.82) is 0 Å². The second-order valence-electron chi connectivity index (χ2n) is 11.6. The van der Waals surface area contributed by atoms with E-state index in [0.717, 1.165) is 68.7 Å². The molecule has 1 N–H and O–H groups in total. The number of piperidine rings is 2. The Morgan fingerprint density at radius 2 is 1.83 bits per heavy atom. The summed E-state index contributed by atoms with van der Waals surface area (Å²) in [6.45, 7) is 5.16. The number of hydrogen-bond donors (Lipinski definition) is 1. The van der Waals surface area contributed by atoms with Crippen molar-refractivity contribution in [3.05, 3.63) is 100.0 Å². The van der Waals surface area contributed by atoms with Crippen molar-refractivity contribution >= 4 is 29.3 Å². The molecule has 2 bridgehead atoms. The molecule has 2 aromatic carbocycles. The van der Waals surface area contributed by atoms with E-state index in [0.29, 0.717) is 23.7 Å². The number of amides is 2. The molecule has 3 aliphatic rings. The number of aromatic nitrogens is 1. The molecule has 7 nitrogen and oxygen atoms in total. The van der Waals surface area contributed by atoms with E-state index >= 15 is 0 Å². The Morgan fingerprint density at radius 3 is 2.66 bits per heavy atom. The summed E-state index contributed by atoms with van der Waals surface area (Å²) in [7, 11) is 0. The SMILES string of the molecule is CC[C@@H]1CCCCN1C(=O)c1ccc(N2C[C@H]3C[C@@H](C2)c2cccc(=O)n2C3)c(NC(=O)/C=C/c2ccccc2)c1. The van der Waals surface area contributed by atoms with E-state index < -0.39 is 0 Å². The molecule has 6 rings (SSSR count). The van der Waals surface area contributed by atoms with E-state index in [1.165, 1.54) is 0 Å². The van der Waals surface area contributed by atoms with Crippen molar-refractivity contribution in [3.63, 3.8) is 0 Å². The van der Waals surface area contributed by atoms with Crippen LogP contribution in [0.5, 0.6) is 0 Å². The number of nitrogens with one attached hydrogen (secondary N) is 1. The second-order valence-corrected chi connectivity index (χ2v) is 11.6. The molecule has 0 saturated carbocycles. The van der Waals surface area contributed by atoms with Crippen LogP contribution in [0, 0.1) is 5.92 Å². The number of nitrogens with zero attached hydrogens (tertiary/aromatic N) is 3. The van der Waals surface area contributed by atoms with Crippen molar-refractivity contribution in [2.75, 3.05) is 29.9 Å². The van der Waals surface area contributed by atoms with Crippen LogP contribution < -0.4 is 15.8 Å². The fourth-order valence-electron chi connectivity index (χ4n) is 6.91. The molecule has 2 fully saturated rings. The van der Waals surface area contributed by atoms with Crippen LogP contribution in [0.15, 0.2) is 77.6 Å². The first-order chi connectivity index (χ1) is 20.0. The summed E-state index contributed by atoms with van der Waals surface area (Å²) in [5.41, 5.74) is 4.25. The van der Waals surface area contributed by atoms with E-state index in [1.54, 1.807) is 18.2 Å². The highest BCUT2D eigenvalue weighted by Gasteiger charge is 2.35. The molecule has 0 radical (unpaired) electrons. The zero-order chi connectivity index (χ0) is 28.3. The molecule has 2 amide bonds. The Hall–Kier alpha value is -4.13. The van der Waals surface area contributed by atoms with Gasteiger partial charge in [0.1, 0.15) is 0 Å². The maximum Gasteiger partial charge on any atom is 0.254 e. The first-order valence-electron chi connectivity index (χ1n) is 14.9. The van der Waals surface area contributed by atoms with E-state index in [1.807, 2.05) is 64.1 Å². The summed E-state index contributed by atoms with van der Waals surface area (Å²) in [6, 6.07) is 21.3. The molecule has 41 heavy (non-hydrogen) atoms. The Bertz CT molecular complexity index is 1510. The number of carbonyl (C=O) groups excluding carboxylic acids is 2. The summed E-state index contributed by atoms with van der Waals surface area (Å²) >= 11 is 0. The van der Waals surface area contributed by atoms with Crippen molar-refractivity contribution in [2.45, 2.75) is 57.5 Å². The predicted molar refractivity (Wildman–Crippen MR) is 163 cm³/mol. The second kappa shape index (κ2) is 11.8. The molecule has 212 valence electrons. The van der Waals surface area contributed by atoms with E-state index in [2.05, 4.69) is 23.2 Å². The predicted octanol–water partition coefficient (Wildman–Crippen LogP) is 5.53. The van der Waals surface area contributed by atoms with Crippen LogP contribution in [0.3, 0.4) is 0 Å². The molecule has 3 aliphatic heterocycles. The molecule has 4 heterocycles. The lowest BCUT2D eigenvalue weighted by atomic mass is 9.83. The first kappa shape index (κ1) is 27.1. The topological polar surface area (TPSA) is 74.7 Å². The van der Waals surface area contributed by atoms with Gasteiger partial charge in [0.15, 0.2) is 0 Å². The largest absolute Gasteiger partial charge is 0.369 e. The molecule has 0 unspecified atom stereocenters. The molecule has 1 aromatic heterocycles. The summed E-state index contributed by atoms with van der Waals surface area (Å²) in [5, 5.41) is 3.10. The Labute approximate surface area is 241 Å². The van der Waals surface area contributed by atoms with Gasteiger partial charge in [0.25, 0.3) is 11.5 Å². The van der Waals surface area contributed by atoms with E-state index in [4.69, 9.17) is 0 Å². The lowest BCUT2D eigenvalue weighted by Gasteiger charge is -2.44. The van der Waals surface area contributed by atoms with Crippen LogP contribution in [0.4, 0.5) is 11.4 Å². The molecule has 2 saturated heterocycles. The van der Waals surface area contributed by atoms with Gasteiger partial charge in [-0.15, -0.1) is 0 Å². The van der Waals surface area contributed by atoms with Gasteiger partial charge in [-0.05, 0) is 73.9 Å². The third-order valence-corrected chi connectivity index (χ3v) is 8.91. The summed E-state index contributed by atoms with van der Waals surface area (Å²) in [4.78, 5) is 43.7. The third-order valence-electron chi connectivity index (χ3n) is 8.91. The third kappa shape index (κ3) is 5.71. The highest BCUT2D eigenvalue weighted by molar-refractivity contribution is 6.05. The van der Waals surface area contributed by atoms with Gasteiger partial charge in [-0.1, -0.05) is 43.3 Å². The molecule has 0 aliphatic carbocycles. The maximum atomic E-state index is 13.7. The van der Waals surface area contributed by atoms with Gasteiger partial charge in [-0.3, -0.25) is 14.4 Å². The average molecular weight is 551 g/mol. The maximum absolute atomic E-state index is 13.7. The van der Waals surface area contributed by atoms with Crippen LogP contribution in [0.25, 0.3) is 6.08 Å². The van der Waals surface area contributed by atoms with Gasteiger partial charge < -0.3 is 19.7 Å². The van der Waals surface area contributed by atoms with Crippen LogP contribution in [0.1, 0.15) is 66.6 Å². The molecule has 3 aromatic rings. The number of pyridine rings is 1. The Kier molecular flexibility index (Phi) is 7.77. The monoisotopic (exact) mass is 550 g/mol. The fourth-order valence-corrected chi connectivity index (χ4v) is 6.91. The lowest BCUT2D eigenvalue weighted by molar-refractivity contribution is -0.111. The molecular weight excluding hydrogens is 512 g/mol. The fraction of sp³-hybridized carbons (Fsp3) is 0.382. The van der Waals surface area contributed by atoms with Crippen LogP contribution in [-0.4, -0.2) is 47.0 Å². The van der Waals surface area contributed by atoms with Crippen molar-refractivity contribution < 1.29 is 9.59 Å². The van der Waals surface area contributed by atoms with Gasteiger partial charge in [-0.25, -0.2) is 0 Å². The first-order valence-corrected chi connectivity index (χ1v) is 14.9. The van der Waals surface area contributed by atoms with Crippen molar-refractivity contribution in [3.8, 4) is 0 Å². The number of anilines is 2. The quantitative estimate of drug-likeness (QED) is 0.410. The number of likely N-dealkylation sites (tertiary alicyclic amines) is 1. The van der Waals surface area contributed by atoms with Gasteiger partial charge in [0.2, 0.25) is 5.91 Å². The number of fused-ring (bicyclic) bond motifs is 4. The standard InChI is InChI=1S/C34H38N4O3/c1-2-28-11-6-7-18-37(28)34(41)26-15-16-31(29(20-26)35-32(39)17-14-24-9-4-3-5-10-24)36-21-25-19-27(23-36)30-12-8-13-33(40)38(30)22-25/h3-5,8-10,12-17,20,25,27-28H,2,6-7,11,18-19,21-23H2,1H3,(H,35,39)/b17-14+/t25-,27+,28-/m1/s1.